The molecular weight excluding hydrogens is 515 g/mol. The van der Waals surface area contributed by atoms with Crippen LogP contribution >= 0.6 is 0 Å². The predicted octanol–water partition coefficient (Wildman–Crippen LogP) is 6.81. The van der Waals surface area contributed by atoms with Crippen molar-refractivity contribution in [2.45, 2.75) is 44.3 Å². The van der Waals surface area contributed by atoms with Crippen LogP contribution < -0.4 is 10.6 Å². The Balaban J connectivity index is 1.45. The maximum absolute atomic E-state index is 13.8. The Morgan fingerprint density at radius 3 is 2.41 bits per heavy atom. The third-order valence-corrected chi connectivity index (χ3v) is 7.40. The molecule has 0 radical (unpaired) electrons. The molecule has 8 nitrogen and oxygen atoms in total. The summed E-state index contributed by atoms with van der Waals surface area (Å²) in [5, 5.41) is 36.5. The summed E-state index contributed by atoms with van der Waals surface area (Å²) >= 11 is 0. The first kappa shape index (κ1) is 26.0. The molecule has 6 rings (SSSR count). The Labute approximate surface area is 237 Å². The van der Waals surface area contributed by atoms with Crippen molar-refractivity contribution in [2.75, 3.05) is 10.6 Å². The number of benzene rings is 3. The second-order valence-corrected chi connectivity index (χ2v) is 10.2. The van der Waals surface area contributed by atoms with Gasteiger partial charge in [0.05, 0.1) is 46.7 Å². The molecular formula is C32H27FN8. The number of halogens is 1. The SMILES string of the molecule is CC[C@@H](Nc1c(C#N)cnc2c(C#N)cc(NC(c3ccc(F)cc3)c3cn(C4CC4)nn3)cc12)c1ccccc1. The lowest BCUT2D eigenvalue weighted by molar-refractivity contribution is 0.610. The van der Waals surface area contributed by atoms with Crippen LogP contribution in [0.25, 0.3) is 10.9 Å². The van der Waals surface area contributed by atoms with Crippen LogP contribution in [0.3, 0.4) is 0 Å². The Kier molecular flexibility index (Phi) is 7.01. The largest absolute Gasteiger partial charge is 0.377 e. The number of rotatable bonds is 9. The highest BCUT2D eigenvalue weighted by Gasteiger charge is 2.27. The van der Waals surface area contributed by atoms with Crippen molar-refractivity contribution in [1.29, 1.82) is 10.5 Å². The monoisotopic (exact) mass is 542 g/mol. The van der Waals surface area contributed by atoms with Gasteiger partial charge in [-0.25, -0.2) is 9.07 Å². The molecule has 9 heteroatoms. The van der Waals surface area contributed by atoms with Gasteiger partial charge in [0.2, 0.25) is 0 Å². The molecule has 1 fully saturated rings. The van der Waals surface area contributed by atoms with Crippen LogP contribution in [-0.2, 0) is 0 Å². The fourth-order valence-corrected chi connectivity index (χ4v) is 5.08. The molecule has 0 spiro atoms. The van der Waals surface area contributed by atoms with E-state index in [1.165, 1.54) is 18.3 Å². The quantitative estimate of drug-likeness (QED) is 0.210. The van der Waals surface area contributed by atoms with E-state index >= 15 is 0 Å². The lowest BCUT2D eigenvalue weighted by Gasteiger charge is -2.22. The smallest absolute Gasteiger partial charge is 0.123 e. The lowest BCUT2D eigenvalue weighted by Crippen LogP contribution is -2.14. The molecule has 0 amide bonds. The van der Waals surface area contributed by atoms with E-state index in [9.17, 15) is 14.9 Å². The molecule has 202 valence electrons. The molecule has 0 bridgehead atoms. The average molecular weight is 543 g/mol. The summed E-state index contributed by atoms with van der Waals surface area (Å²) in [5.41, 5.74) is 5.07. The van der Waals surface area contributed by atoms with Crippen LogP contribution in [-0.4, -0.2) is 20.0 Å². The molecule has 2 N–H and O–H groups in total. The molecule has 2 atom stereocenters. The Morgan fingerprint density at radius 1 is 0.976 bits per heavy atom. The fraction of sp³-hybridized carbons (Fsp3) is 0.219. The Morgan fingerprint density at radius 2 is 1.73 bits per heavy atom. The van der Waals surface area contributed by atoms with E-state index in [2.05, 4.69) is 45.0 Å². The van der Waals surface area contributed by atoms with Crippen LogP contribution in [0.2, 0.25) is 0 Å². The van der Waals surface area contributed by atoms with Gasteiger partial charge >= 0.3 is 0 Å². The van der Waals surface area contributed by atoms with E-state index in [4.69, 9.17) is 0 Å². The van der Waals surface area contributed by atoms with Crippen molar-refractivity contribution >= 4 is 22.3 Å². The van der Waals surface area contributed by atoms with Crippen LogP contribution in [0, 0.1) is 28.5 Å². The number of pyridine rings is 1. The minimum Gasteiger partial charge on any atom is -0.377 e. The Hall–Kier alpha value is -5.28. The summed E-state index contributed by atoms with van der Waals surface area (Å²) in [6.45, 7) is 2.08. The normalized spacial score (nSPS) is 14.1. The maximum Gasteiger partial charge on any atom is 0.123 e. The Bertz CT molecular complexity index is 1780. The minimum absolute atomic E-state index is 0.0551. The molecule has 5 aromatic rings. The molecule has 41 heavy (non-hydrogen) atoms. The van der Waals surface area contributed by atoms with Crippen molar-refractivity contribution in [3.63, 3.8) is 0 Å². The maximum atomic E-state index is 13.8. The van der Waals surface area contributed by atoms with E-state index in [1.807, 2.05) is 47.3 Å². The second-order valence-electron chi connectivity index (χ2n) is 10.2. The van der Waals surface area contributed by atoms with Gasteiger partial charge in [-0.1, -0.05) is 54.6 Å². The van der Waals surface area contributed by atoms with Crippen LogP contribution in [0.1, 0.15) is 72.3 Å². The highest BCUT2D eigenvalue weighted by atomic mass is 19.1. The van der Waals surface area contributed by atoms with Gasteiger partial charge in [0.1, 0.15) is 23.6 Å². The summed E-state index contributed by atoms with van der Waals surface area (Å²) in [6.07, 6.45) is 6.34. The predicted molar refractivity (Wildman–Crippen MR) is 154 cm³/mol. The number of nitriles is 2. The molecule has 0 saturated heterocycles. The fourth-order valence-electron chi connectivity index (χ4n) is 5.08. The van der Waals surface area contributed by atoms with Crippen LogP contribution in [0.15, 0.2) is 79.1 Å². The zero-order valence-electron chi connectivity index (χ0n) is 22.4. The minimum atomic E-state index is -0.455. The van der Waals surface area contributed by atoms with Gasteiger partial charge < -0.3 is 10.6 Å². The number of aromatic nitrogens is 4. The van der Waals surface area contributed by atoms with E-state index < -0.39 is 6.04 Å². The molecule has 1 aliphatic rings. The number of nitrogens with zero attached hydrogens (tertiary/aromatic N) is 6. The van der Waals surface area contributed by atoms with Crippen molar-refractivity contribution < 1.29 is 4.39 Å². The zero-order chi connectivity index (χ0) is 28.3. The number of hydrogen-bond acceptors (Lipinski definition) is 7. The number of fused-ring (bicyclic) bond motifs is 1. The van der Waals surface area contributed by atoms with Gasteiger partial charge in [0, 0.05) is 17.3 Å². The third-order valence-electron chi connectivity index (χ3n) is 7.40. The van der Waals surface area contributed by atoms with Gasteiger partial charge in [0.25, 0.3) is 0 Å². The average Bonchev–Trinajstić information content (AvgIpc) is 3.75. The highest BCUT2D eigenvalue weighted by Crippen LogP contribution is 2.37. The number of hydrogen-bond donors (Lipinski definition) is 2. The first-order valence-electron chi connectivity index (χ1n) is 13.6. The molecule has 2 heterocycles. The second kappa shape index (κ2) is 11.1. The first-order valence-corrected chi connectivity index (χ1v) is 13.6. The van der Waals surface area contributed by atoms with E-state index in [0.29, 0.717) is 45.1 Å². The highest BCUT2D eigenvalue weighted by molar-refractivity contribution is 5.99. The summed E-state index contributed by atoms with van der Waals surface area (Å²) < 4.78 is 15.7. The molecule has 1 aliphatic carbocycles. The van der Waals surface area contributed by atoms with Crippen LogP contribution in [0.5, 0.6) is 0 Å². The molecule has 3 aromatic carbocycles. The molecule has 1 saturated carbocycles. The van der Waals surface area contributed by atoms with E-state index in [1.54, 1.807) is 18.2 Å². The van der Waals surface area contributed by atoms with Crippen molar-refractivity contribution in [3.8, 4) is 12.1 Å². The van der Waals surface area contributed by atoms with Gasteiger partial charge in [0.15, 0.2) is 0 Å². The summed E-state index contributed by atoms with van der Waals surface area (Å²) in [7, 11) is 0. The number of nitrogens with one attached hydrogen (secondary N) is 2. The molecule has 2 aromatic heterocycles. The lowest BCUT2D eigenvalue weighted by atomic mass is 10.00. The summed E-state index contributed by atoms with van der Waals surface area (Å²) in [4.78, 5) is 4.49. The summed E-state index contributed by atoms with van der Waals surface area (Å²) in [5.74, 6) is -0.332. The van der Waals surface area contributed by atoms with E-state index in [-0.39, 0.29) is 11.9 Å². The van der Waals surface area contributed by atoms with Gasteiger partial charge in [-0.3, -0.25) is 4.98 Å². The van der Waals surface area contributed by atoms with Gasteiger partial charge in [-0.05, 0) is 54.7 Å². The molecule has 0 aliphatic heterocycles. The summed E-state index contributed by atoms with van der Waals surface area (Å²) in [6, 6.07) is 24.3. The van der Waals surface area contributed by atoms with Crippen molar-refractivity contribution in [1.82, 2.24) is 20.0 Å². The topological polar surface area (TPSA) is 115 Å². The molecule has 1 unspecified atom stereocenters. The first-order chi connectivity index (χ1) is 20.1. The van der Waals surface area contributed by atoms with Gasteiger partial charge in [-0.2, -0.15) is 10.5 Å². The van der Waals surface area contributed by atoms with Gasteiger partial charge in [-0.15, -0.1) is 5.10 Å². The number of anilines is 2. The van der Waals surface area contributed by atoms with Crippen molar-refractivity contribution in [2.24, 2.45) is 0 Å². The third kappa shape index (κ3) is 5.30. The zero-order valence-corrected chi connectivity index (χ0v) is 22.4. The van der Waals surface area contributed by atoms with E-state index in [0.717, 1.165) is 30.4 Å². The van der Waals surface area contributed by atoms with Crippen LogP contribution in [0.4, 0.5) is 15.8 Å². The van der Waals surface area contributed by atoms with Crippen molar-refractivity contribution in [3.05, 3.63) is 113 Å². The standard InChI is InChI=1S/C32H27FN8/c1-2-28(20-6-4-3-5-7-20)38-31-23(17-35)18-36-30-22(16-34)14-25(15-27(30)31)37-32(21-8-10-24(33)11-9-21)29-19-41(40-39-29)26-12-13-26/h3-11,14-15,18-19,26,28,32,37H,2,12-13H2,1H3,(H,36,38)/t28-,32?/m1/s1.